The van der Waals surface area contributed by atoms with Gasteiger partial charge in [-0.2, -0.15) is 0 Å². The number of hydrogen-bond acceptors (Lipinski definition) is 2. The molecule has 0 amide bonds. The van der Waals surface area contributed by atoms with Crippen LogP contribution in [0.15, 0.2) is 24.3 Å². The zero-order valence-corrected chi connectivity index (χ0v) is 11.7. The van der Waals surface area contributed by atoms with E-state index in [1.54, 1.807) is 12.1 Å². The first-order valence-corrected chi connectivity index (χ1v) is 6.77. The largest absolute Gasteiger partial charge is 0.371 e. The number of hydrogen-bond donors (Lipinski definition) is 1. The summed E-state index contributed by atoms with van der Waals surface area (Å²) in [5.41, 5.74) is 6.78. The van der Waals surface area contributed by atoms with Crippen LogP contribution < -0.4 is 10.6 Å². The first-order chi connectivity index (χ1) is 8.56. The van der Waals surface area contributed by atoms with Gasteiger partial charge in [-0.1, -0.05) is 19.9 Å². The number of nitrogens with zero attached hydrogens (tertiary/aromatic N) is 1. The fourth-order valence-corrected chi connectivity index (χ4v) is 2.31. The zero-order valence-electron chi connectivity index (χ0n) is 11.7. The minimum atomic E-state index is -0.181. The second-order valence-electron chi connectivity index (χ2n) is 5.25. The number of halogens is 1. The molecule has 1 rings (SSSR count). The predicted octanol–water partition coefficient (Wildman–Crippen LogP) is 3.27. The highest BCUT2D eigenvalue weighted by atomic mass is 19.1. The van der Waals surface area contributed by atoms with Gasteiger partial charge in [-0.05, 0) is 49.9 Å². The monoisotopic (exact) mass is 252 g/mol. The molecule has 0 heterocycles. The molecule has 1 atom stereocenters. The van der Waals surface area contributed by atoms with Gasteiger partial charge in [0.1, 0.15) is 5.82 Å². The molecule has 0 aromatic heterocycles. The standard InChI is InChI=1S/C15H25FN2/c1-4-18(11-13(10-17)8-12(2)3)15-7-5-6-14(16)9-15/h5-7,9,12-13H,4,8,10-11,17H2,1-3H3. The predicted molar refractivity (Wildman–Crippen MR) is 76.3 cm³/mol. The van der Waals surface area contributed by atoms with Crippen LogP contribution in [-0.4, -0.2) is 19.6 Å². The molecule has 0 aliphatic heterocycles. The molecule has 2 N–H and O–H groups in total. The van der Waals surface area contributed by atoms with E-state index in [9.17, 15) is 4.39 Å². The summed E-state index contributed by atoms with van der Waals surface area (Å²) in [5.74, 6) is 0.928. The van der Waals surface area contributed by atoms with Crippen LogP contribution in [0.5, 0.6) is 0 Å². The van der Waals surface area contributed by atoms with Crippen molar-refractivity contribution < 1.29 is 4.39 Å². The highest BCUT2D eigenvalue weighted by Crippen LogP contribution is 2.19. The van der Waals surface area contributed by atoms with Crippen LogP contribution >= 0.6 is 0 Å². The lowest BCUT2D eigenvalue weighted by Gasteiger charge is -2.28. The third-order valence-electron chi connectivity index (χ3n) is 3.17. The summed E-state index contributed by atoms with van der Waals surface area (Å²) in [5, 5.41) is 0. The maximum Gasteiger partial charge on any atom is 0.125 e. The van der Waals surface area contributed by atoms with E-state index in [0.717, 1.165) is 25.2 Å². The van der Waals surface area contributed by atoms with E-state index >= 15 is 0 Å². The smallest absolute Gasteiger partial charge is 0.125 e. The molecule has 0 bridgehead atoms. The molecule has 0 saturated heterocycles. The van der Waals surface area contributed by atoms with Crippen molar-refractivity contribution in [2.24, 2.45) is 17.6 Å². The Balaban J connectivity index is 2.71. The van der Waals surface area contributed by atoms with Crippen molar-refractivity contribution in [3.05, 3.63) is 30.1 Å². The van der Waals surface area contributed by atoms with E-state index < -0.39 is 0 Å². The quantitative estimate of drug-likeness (QED) is 0.807. The molecule has 3 heteroatoms. The Labute approximate surface area is 110 Å². The summed E-state index contributed by atoms with van der Waals surface area (Å²) in [6.45, 7) is 8.97. The van der Waals surface area contributed by atoms with Gasteiger partial charge in [0.25, 0.3) is 0 Å². The van der Waals surface area contributed by atoms with E-state index in [-0.39, 0.29) is 5.82 Å². The first-order valence-electron chi connectivity index (χ1n) is 6.77. The molecule has 0 aliphatic carbocycles. The SMILES string of the molecule is CCN(CC(CN)CC(C)C)c1cccc(F)c1. The van der Waals surface area contributed by atoms with E-state index in [2.05, 4.69) is 25.7 Å². The Morgan fingerprint density at radius 3 is 2.56 bits per heavy atom. The van der Waals surface area contributed by atoms with E-state index in [1.165, 1.54) is 6.07 Å². The van der Waals surface area contributed by atoms with Gasteiger partial charge < -0.3 is 10.6 Å². The lowest BCUT2D eigenvalue weighted by Crippen LogP contribution is -2.33. The molecule has 0 aliphatic rings. The molecule has 0 spiro atoms. The number of rotatable bonds is 7. The fourth-order valence-electron chi connectivity index (χ4n) is 2.31. The highest BCUT2D eigenvalue weighted by Gasteiger charge is 2.14. The Hall–Kier alpha value is -1.09. The van der Waals surface area contributed by atoms with Gasteiger partial charge >= 0.3 is 0 Å². The van der Waals surface area contributed by atoms with Crippen molar-refractivity contribution >= 4 is 5.69 Å². The molecular weight excluding hydrogens is 227 g/mol. The summed E-state index contributed by atoms with van der Waals surface area (Å²) in [7, 11) is 0. The van der Waals surface area contributed by atoms with Crippen LogP contribution in [0.1, 0.15) is 27.2 Å². The summed E-state index contributed by atoms with van der Waals surface area (Å²) in [4.78, 5) is 2.20. The second kappa shape index (κ2) is 7.37. The van der Waals surface area contributed by atoms with Crippen LogP contribution in [-0.2, 0) is 0 Å². The molecule has 2 nitrogen and oxygen atoms in total. The Morgan fingerprint density at radius 1 is 1.33 bits per heavy atom. The van der Waals surface area contributed by atoms with E-state index in [1.807, 2.05) is 6.07 Å². The summed E-state index contributed by atoms with van der Waals surface area (Å²) in [6, 6.07) is 6.78. The first kappa shape index (κ1) is 15.0. The van der Waals surface area contributed by atoms with Crippen molar-refractivity contribution in [1.82, 2.24) is 0 Å². The fraction of sp³-hybridized carbons (Fsp3) is 0.600. The third kappa shape index (κ3) is 4.65. The van der Waals surface area contributed by atoms with Crippen LogP contribution in [0.2, 0.25) is 0 Å². The van der Waals surface area contributed by atoms with Gasteiger partial charge in [-0.15, -0.1) is 0 Å². The zero-order chi connectivity index (χ0) is 13.5. The molecule has 102 valence electrons. The van der Waals surface area contributed by atoms with Crippen molar-refractivity contribution in [3.8, 4) is 0 Å². The van der Waals surface area contributed by atoms with E-state index in [4.69, 9.17) is 5.73 Å². The lowest BCUT2D eigenvalue weighted by molar-refractivity contribution is 0.415. The molecule has 1 aromatic rings. The molecule has 0 radical (unpaired) electrons. The average molecular weight is 252 g/mol. The molecule has 1 aromatic carbocycles. The molecule has 1 unspecified atom stereocenters. The number of anilines is 1. The van der Waals surface area contributed by atoms with Crippen LogP contribution in [0, 0.1) is 17.7 Å². The van der Waals surface area contributed by atoms with Crippen molar-refractivity contribution in [1.29, 1.82) is 0 Å². The van der Waals surface area contributed by atoms with Gasteiger partial charge in [0.2, 0.25) is 0 Å². The molecule has 18 heavy (non-hydrogen) atoms. The van der Waals surface area contributed by atoms with Gasteiger partial charge in [0.15, 0.2) is 0 Å². The molecular formula is C15H25FN2. The third-order valence-corrected chi connectivity index (χ3v) is 3.17. The van der Waals surface area contributed by atoms with Gasteiger partial charge in [-0.3, -0.25) is 0 Å². The molecule has 0 saturated carbocycles. The van der Waals surface area contributed by atoms with Crippen molar-refractivity contribution in [2.45, 2.75) is 27.2 Å². The number of nitrogens with two attached hydrogens (primary N) is 1. The summed E-state index contributed by atoms with van der Waals surface area (Å²) in [6.07, 6.45) is 1.11. The van der Waals surface area contributed by atoms with Gasteiger partial charge in [0.05, 0.1) is 0 Å². The summed E-state index contributed by atoms with van der Waals surface area (Å²) >= 11 is 0. The number of benzene rings is 1. The summed E-state index contributed by atoms with van der Waals surface area (Å²) < 4.78 is 13.2. The average Bonchev–Trinajstić information content (AvgIpc) is 2.33. The second-order valence-corrected chi connectivity index (χ2v) is 5.25. The van der Waals surface area contributed by atoms with Gasteiger partial charge in [0, 0.05) is 18.8 Å². The Bertz CT molecular complexity index is 352. The Morgan fingerprint density at radius 2 is 2.06 bits per heavy atom. The lowest BCUT2D eigenvalue weighted by atomic mass is 9.96. The maximum atomic E-state index is 13.2. The normalized spacial score (nSPS) is 12.8. The maximum absolute atomic E-state index is 13.2. The van der Waals surface area contributed by atoms with E-state index in [0.29, 0.717) is 18.4 Å². The van der Waals surface area contributed by atoms with Gasteiger partial charge in [-0.25, -0.2) is 4.39 Å². The highest BCUT2D eigenvalue weighted by molar-refractivity contribution is 5.46. The van der Waals surface area contributed by atoms with Crippen LogP contribution in [0.4, 0.5) is 10.1 Å². The van der Waals surface area contributed by atoms with Crippen LogP contribution in [0.3, 0.4) is 0 Å². The van der Waals surface area contributed by atoms with Crippen molar-refractivity contribution in [2.75, 3.05) is 24.5 Å². The Kier molecular flexibility index (Phi) is 6.13. The minimum absolute atomic E-state index is 0.181. The van der Waals surface area contributed by atoms with Crippen molar-refractivity contribution in [3.63, 3.8) is 0 Å². The topological polar surface area (TPSA) is 29.3 Å². The molecule has 0 fully saturated rings. The van der Waals surface area contributed by atoms with Crippen LogP contribution in [0.25, 0.3) is 0 Å². The minimum Gasteiger partial charge on any atom is -0.371 e.